The number of benzene rings is 2. The smallest absolute Gasteiger partial charge is 0.227 e. The van der Waals surface area contributed by atoms with Gasteiger partial charge in [0.15, 0.2) is 5.65 Å². The number of H-pyrrole nitrogens is 2. The Morgan fingerprint density at radius 3 is 2.61 bits per heavy atom. The summed E-state index contributed by atoms with van der Waals surface area (Å²) < 4.78 is 14.6. The number of nitrogens with zero attached hydrogens (tertiary/aromatic N) is 3. The summed E-state index contributed by atoms with van der Waals surface area (Å²) in [7, 11) is 0. The molecule has 4 heterocycles. The number of pyridine rings is 2. The average molecular weight is 503 g/mol. The van der Waals surface area contributed by atoms with Gasteiger partial charge >= 0.3 is 0 Å². The summed E-state index contributed by atoms with van der Waals surface area (Å²) in [5.41, 5.74) is 6.83. The van der Waals surface area contributed by atoms with Crippen LogP contribution in [0.4, 0.5) is 10.1 Å². The number of rotatable bonds is 5. The number of halogens is 1. The van der Waals surface area contributed by atoms with Gasteiger partial charge in [0, 0.05) is 51.3 Å². The first-order chi connectivity index (χ1) is 18.6. The van der Waals surface area contributed by atoms with E-state index < -0.39 is 0 Å². The third kappa shape index (κ3) is 3.82. The van der Waals surface area contributed by atoms with Crippen molar-refractivity contribution in [3.63, 3.8) is 0 Å². The molecule has 0 aliphatic heterocycles. The Kier molecular flexibility index (Phi) is 5.25. The number of anilines is 1. The summed E-state index contributed by atoms with van der Waals surface area (Å²) >= 11 is 0. The van der Waals surface area contributed by atoms with E-state index in [9.17, 15) is 9.18 Å². The molecule has 6 aromatic rings. The second-order valence-electron chi connectivity index (χ2n) is 9.70. The van der Waals surface area contributed by atoms with Crippen molar-refractivity contribution in [1.82, 2.24) is 25.1 Å². The van der Waals surface area contributed by atoms with Crippen LogP contribution in [0.1, 0.15) is 19.3 Å². The third-order valence-electron chi connectivity index (χ3n) is 7.32. The molecule has 7 nitrogen and oxygen atoms in total. The molecule has 8 heteroatoms. The van der Waals surface area contributed by atoms with E-state index in [-0.39, 0.29) is 17.6 Å². The second-order valence-corrected chi connectivity index (χ2v) is 9.70. The van der Waals surface area contributed by atoms with E-state index in [4.69, 9.17) is 0 Å². The predicted molar refractivity (Wildman–Crippen MR) is 146 cm³/mol. The largest absolute Gasteiger partial charge is 0.353 e. The number of hydrogen-bond acceptors (Lipinski definition) is 4. The quantitative estimate of drug-likeness (QED) is 0.244. The lowest BCUT2D eigenvalue weighted by atomic mass is 9.85. The van der Waals surface area contributed by atoms with Crippen LogP contribution in [0.25, 0.3) is 55.6 Å². The van der Waals surface area contributed by atoms with Crippen LogP contribution >= 0.6 is 0 Å². The second kappa shape index (κ2) is 8.92. The first-order valence-corrected chi connectivity index (χ1v) is 12.6. The lowest BCUT2D eigenvalue weighted by Crippen LogP contribution is -2.28. The molecule has 0 atom stereocenters. The Balaban J connectivity index is 1.27. The zero-order valence-electron chi connectivity index (χ0n) is 20.3. The number of carbonyl (C=O) groups excluding carboxylic acids is 1. The Bertz CT molecular complexity index is 1830. The Morgan fingerprint density at radius 2 is 1.76 bits per heavy atom. The molecule has 1 aliphatic rings. The van der Waals surface area contributed by atoms with Crippen LogP contribution < -0.4 is 5.32 Å². The first-order valence-electron chi connectivity index (χ1n) is 12.6. The van der Waals surface area contributed by atoms with Crippen LogP contribution in [0.15, 0.2) is 79.3 Å². The SMILES string of the molecule is O=C(Nc1cncc(-c2cnc3n[nH]c(-c4cc5c(-c6ccccc6F)cccc5[nH]4)c3c2)c1)C1CCC1. The van der Waals surface area contributed by atoms with Crippen molar-refractivity contribution in [2.45, 2.75) is 19.3 Å². The van der Waals surface area contributed by atoms with E-state index in [0.717, 1.165) is 63.6 Å². The highest BCUT2D eigenvalue weighted by molar-refractivity contribution is 6.01. The molecule has 186 valence electrons. The molecule has 1 amide bonds. The molecule has 4 aromatic heterocycles. The average Bonchev–Trinajstić information content (AvgIpc) is 3.52. The van der Waals surface area contributed by atoms with Crippen LogP contribution in [0.3, 0.4) is 0 Å². The summed E-state index contributed by atoms with van der Waals surface area (Å²) in [5, 5.41) is 12.3. The zero-order chi connectivity index (χ0) is 25.6. The van der Waals surface area contributed by atoms with Gasteiger partial charge in [0.1, 0.15) is 5.82 Å². The Hall–Kier alpha value is -4.85. The fourth-order valence-corrected chi connectivity index (χ4v) is 5.05. The minimum atomic E-state index is -0.261. The lowest BCUT2D eigenvalue weighted by molar-refractivity contribution is -0.122. The van der Waals surface area contributed by atoms with E-state index in [0.29, 0.717) is 16.9 Å². The van der Waals surface area contributed by atoms with Crippen LogP contribution in [0.2, 0.25) is 0 Å². The maximum absolute atomic E-state index is 14.6. The number of hydrogen-bond donors (Lipinski definition) is 3. The molecule has 0 unspecified atom stereocenters. The van der Waals surface area contributed by atoms with Gasteiger partial charge in [-0.3, -0.25) is 14.9 Å². The van der Waals surface area contributed by atoms with Crippen molar-refractivity contribution in [2.75, 3.05) is 5.32 Å². The van der Waals surface area contributed by atoms with Gasteiger partial charge in [-0.15, -0.1) is 0 Å². The fourth-order valence-electron chi connectivity index (χ4n) is 5.05. The number of aromatic amines is 2. The summed E-state index contributed by atoms with van der Waals surface area (Å²) in [6.07, 6.45) is 8.16. The number of fused-ring (bicyclic) bond motifs is 2. The minimum absolute atomic E-state index is 0.0504. The molecule has 0 bridgehead atoms. The first kappa shape index (κ1) is 22.4. The number of aromatic nitrogens is 5. The highest BCUT2D eigenvalue weighted by Crippen LogP contribution is 2.36. The van der Waals surface area contributed by atoms with E-state index in [1.165, 1.54) is 6.07 Å². The molecule has 2 aromatic carbocycles. The van der Waals surface area contributed by atoms with Crippen molar-refractivity contribution in [2.24, 2.45) is 5.92 Å². The van der Waals surface area contributed by atoms with Gasteiger partial charge in [0.05, 0.1) is 23.3 Å². The highest BCUT2D eigenvalue weighted by atomic mass is 19.1. The van der Waals surface area contributed by atoms with Gasteiger partial charge in [-0.2, -0.15) is 5.10 Å². The predicted octanol–water partition coefficient (Wildman–Crippen LogP) is 6.71. The van der Waals surface area contributed by atoms with Crippen molar-refractivity contribution in [3.8, 4) is 33.6 Å². The molecule has 0 saturated heterocycles. The minimum Gasteiger partial charge on any atom is -0.353 e. The Morgan fingerprint density at radius 1 is 0.921 bits per heavy atom. The van der Waals surface area contributed by atoms with Crippen LogP contribution in [-0.2, 0) is 4.79 Å². The van der Waals surface area contributed by atoms with Gasteiger partial charge in [0.25, 0.3) is 0 Å². The maximum atomic E-state index is 14.6. The molecular weight excluding hydrogens is 479 g/mol. The Labute approximate surface area is 217 Å². The van der Waals surface area contributed by atoms with Gasteiger partial charge in [-0.05, 0) is 48.7 Å². The standard InChI is InChI=1S/C30H23FN6O/c31-25-9-2-1-7-22(25)21-8-4-10-26-23(21)13-27(35-26)28-24-12-19(15-33-29(24)37-36-28)18-11-20(16-32-14-18)34-30(38)17-5-3-6-17/h1-2,4,7-17,35H,3,5-6H2,(H,34,38)(H,33,36,37). The molecule has 1 saturated carbocycles. The molecule has 1 fully saturated rings. The number of nitrogens with one attached hydrogen (secondary N) is 3. The normalized spacial score (nSPS) is 13.6. The van der Waals surface area contributed by atoms with E-state index in [1.807, 2.05) is 42.5 Å². The van der Waals surface area contributed by atoms with Gasteiger partial charge in [0.2, 0.25) is 5.91 Å². The molecule has 7 rings (SSSR count). The van der Waals surface area contributed by atoms with Crippen molar-refractivity contribution >= 4 is 33.5 Å². The summed E-state index contributed by atoms with van der Waals surface area (Å²) in [5.74, 6) is -0.113. The van der Waals surface area contributed by atoms with Gasteiger partial charge in [-0.25, -0.2) is 9.37 Å². The third-order valence-corrected chi connectivity index (χ3v) is 7.32. The van der Waals surface area contributed by atoms with Crippen molar-refractivity contribution in [3.05, 3.63) is 85.1 Å². The maximum Gasteiger partial charge on any atom is 0.227 e. The van der Waals surface area contributed by atoms with E-state index >= 15 is 0 Å². The molecule has 0 radical (unpaired) electrons. The van der Waals surface area contributed by atoms with Crippen LogP contribution in [0.5, 0.6) is 0 Å². The number of carbonyl (C=O) groups is 1. The molecule has 0 spiro atoms. The molecular formula is C30H23FN6O. The van der Waals surface area contributed by atoms with E-state index in [1.54, 1.807) is 30.7 Å². The zero-order valence-corrected chi connectivity index (χ0v) is 20.3. The van der Waals surface area contributed by atoms with Crippen LogP contribution in [-0.4, -0.2) is 31.1 Å². The van der Waals surface area contributed by atoms with Crippen LogP contribution in [0, 0.1) is 11.7 Å². The van der Waals surface area contributed by atoms with E-state index in [2.05, 4.69) is 30.5 Å². The van der Waals surface area contributed by atoms with Gasteiger partial charge in [-0.1, -0.05) is 36.8 Å². The lowest BCUT2D eigenvalue weighted by Gasteiger charge is -2.24. The highest BCUT2D eigenvalue weighted by Gasteiger charge is 2.25. The topological polar surface area (TPSA) is 99.3 Å². The number of amides is 1. The molecule has 3 N–H and O–H groups in total. The summed E-state index contributed by atoms with van der Waals surface area (Å²) in [6, 6.07) is 18.5. The van der Waals surface area contributed by atoms with Gasteiger partial charge < -0.3 is 10.3 Å². The summed E-state index contributed by atoms with van der Waals surface area (Å²) in [4.78, 5) is 24.7. The van der Waals surface area contributed by atoms with Crippen molar-refractivity contribution in [1.29, 1.82) is 0 Å². The molecule has 1 aliphatic carbocycles. The van der Waals surface area contributed by atoms with Crippen molar-refractivity contribution < 1.29 is 9.18 Å². The summed E-state index contributed by atoms with van der Waals surface area (Å²) in [6.45, 7) is 0. The fraction of sp³-hybridized carbons (Fsp3) is 0.133. The molecule has 38 heavy (non-hydrogen) atoms. The monoisotopic (exact) mass is 502 g/mol.